The van der Waals surface area contributed by atoms with Gasteiger partial charge in [0.05, 0.1) is 21.4 Å². The second kappa shape index (κ2) is 8.59. The van der Waals surface area contributed by atoms with Crippen LogP contribution >= 0.6 is 15.9 Å². The maximum Gasteiger partial charge on any atom is 0.261 e. The summed E-state index contributed by atoms with van der Waals surface area (Å²) < 4.78 is 59.4. The minimum absolute atomic E-state index is 0.0509. The van der Waals surface area contributed by atoms with Crippen LogP contribution in [0.2, 0.25) is 0 Å². The first-order valence-electron chi connectivity index (χ1n) is 8.12. The van der Waals surface area contributed by atoms with Crippen LogP contribution in [-0.2, 0) is 20.0 Å². The van der Waals surface area contributed by atoms with E-state index in [4.69, 9.17) is 4.74 Å². The number of sulfonamides is 2. The zero-order valence-electron chi connectivity index (χ0n) is 15.1. The van der Waals surface area contributed by atoms with Crippen molar-refractivity contribution in [3.63, 3.8) is 0 Å². The van der Waals surface area contributed by atoms with Gasteiger partial charge in [0, 0.05) is 18.8 Å². The van der Waals surface area contributed by atoms with Gasteiger partial charge in [-0.25, -0.2) is 16.8 Å². The first-order valence-corrected chi connectivity index (χ1v) is 11.8. The summed E-state index contributed by atoms with van der Waals surface area (Å²) in [6, 6.07) is 10.0. The number of halogens is 1. The monoisotopic (exact) mass is 476 g/mol. The minimum Gasteiger partial charge on any atom is -0.496 e. The minimum atomic E-state index is -3.83. The van der Waals surface area contributed by atoms with E-state index in [9.17, 15) is 16.8 Å². The summed E-state index contributed by atoms with van der Waals surface area (Å²) in [6.45, 7) is 4.24. The van der Waals surface area contributed by atoms with E-state index in [-0.39, 0.29) is 15.5 Å². The highest BCUT2D eigenvalue weighted by Crippen LogP contribution is 2.28. The summed E-state index contributed by atoms with van der Waals surface area (Å²) in [7, 11) is -5.93. The van der Waals surface area contributed by atoms with Gasteiger partial charge >= 0.3 is 0 Å². The van der Waals surface area contributed by atoms with Gasteiger partial charge in [0.1, 0.15) is 5.75 Å². The molecule has 0 saturated heterocycles. The van der Waals surface area contributed by atoms with Crippen molar-refractivity contribution in [2.45, 2.75) is 23.6 Å². The molecule has 0 saturated carbocycles. The summed E-state index contributed by atoms with van der Waals surface area (Å²) in [5.74, 6) is 0.514. The van der Waals surface area contributed by atoms with Crippen molar-refractivity contribution in [2.24, 2.45) is 0 Å². The van der Waals surface area contributed by atoms with Crippen molar-refractivity contribution in [2.75, 3.05) is 24.9 Å². The average Bonchev–Trinajstić information content (AvgIpc) is 2.62. The third-order valence-electron chi connectivity index (χ3n) is 3.88. The molecule has 2 aromatic rings. The molecule has 27 heavy (non-hydrogen) atoms. The lowest BCUT2D eigenvalue weighted by molar-refractivity contribution is 0.411. The second-order valence-corrected chi connectivity index (χ2v) is 9.99. The van der Waals surface area contributed by atoms with Crippen LogP contribution in [0.25, 0.3) is 0 Å². The normalized spacial score (nSPS) is 12.2. The van der Waals surface area contributed by atoms with Crippen LogP contribution in [0, 0.1) is 0 Å². The number of rotatable bonds is 8. The van der Waals surface area contributed by atoms with E-state index in [1.54, 1.807) is 19.9 Å². The first-order chi connectivity index (χ1) is 12.7. The number of nitrogens with one attached hydrogen (secondary N) is 1. The molecule has 0 unspecified atom stereocenters. The third kappa shape index (κ3) is 4.81. The van der Waals surface area contributed by atoms with Crippen LogP contribution in [-0.4, -0.2) is 41.3 Å². The maximum atomic E-state index is 12.5. The lowest BCUT2D eigenvalue weighted by Crippen LogP contribution is -2.30. The third-order valence-corrected chi connectivity index (χ3v) is 7.95. The van der Waals surface area contributed by atoms with E-state index in [2.05, 4.69) is 20.7 Å². The zero-order valence-corrected chi connectivity index (χ0v) is 18.4. The largest absolute Gasteiger partial charge is 0.496 e. The second-order valence-electron chi connectivity index (χ2n) is 5.52. The Hall–Kier alpha value is -1.62. The summed E-state index contributed by atoms with van der Waals surface area (Å²) in [4.78, 5) is 0.163. The fraction of sp³-hybridized carbons (Fsp3) is 0.294. The highest BCUT2D eigenvalue weighted by Gasteiger charge is 2.22. The molecule has 7 nitrogen and oxygen atoms in total. The molecule has 0 aliphatic heterocycles. The predicted octanol–water partition coefficient (Wildman–Crippen LogP) is 3.29. The molecule has 0 radical (unpaired) electrons. The van der Waals surface area contributed by atoms with Gasteiger partial charge in [-0.1, -0.05) is 13.8 Å². The van der Waals surface area contributed by atoms with Crippen molar-refractivity contribution in [1.82, 2.24) is 4.31 Å². The lowest BCUT2D eigenvalue weighted by atomic mass is 10.3. The van der Waals surface area contributed by atoms with E-state index in [1.165, 1.54) is 47.8 Å². The van der Waals surface area contributed by atoms with Crippen LogP contribution in [0.5, 0.6) is 5.75 Å². The van der Waals surface area contributed by atoms with Crippen molar-refractivity contribution < 1.29 is 21.6 Å². The lowest BCUT2D eigenvalue weighted by Gasteiger charge is -2.18. The summed E-state index contributed by atoms with van der Waals surface area (Å²) in [5, 5.41) is 0. The number of ether oxygens (including phenoxy) is 1. The van der Waals surface area contributed by atoms with Crippen LogP contribution in [0.1, 0.15) is 13.8 Å². The Kier molecular flexibility index (Phi) is 6.90. The van der Waals surface area contributed by atoms with Gasteiger partial charge in [-0.15, -0.1) is 0 Å². The molecule has 0 bridgehead atoms. The standard InChI is InChI=1S/C17H21BrN2O5S2/c1-4-20(5-2)27(23,24)14-8-6-13(7-9-14)19-26(21,22)15-10-11-17(25-3)16(18)12-15/h6-12,19H,4-5H2,1-3H3. The fourth-order valence-corrected chi connectivity index (χ4v) is 5.67. The van der Waals surface area contributed by atoms with Crippen molar-refractivity contribution in [1.29, 1.82) is 0 Å². The van der Waals surface area contributed by atoms with Crippen LogP contribution in [0.3, 0.4) is 0 Å². The highest BCUT2D eigenvalue weighted by atomic mass is 79.9. The molecule has 1 N–H and O–H groups in total. The summed E-state index contributed by atoms with van der Waals surface area (Å²) in [5.41, 5.74) is 0.264. The molecule has 2 rings (SSSR count). The van der Waals surface area contributed by atoms with Crippen LogP contribution < -0.4 is 9.46 Å². The molecular weight excluding hydrogens is 456 g/mol. The van der Waals surface area contributed by atoms with Gasteiger partial charge in [0.25, 0.3) is 10.0 Å². The molecule has 148 valence electrons. The SMILES string of the molecule is CCN(CC)S(=O)(=O)c1ccc(NS(=O)(=O)c2ccc(OC)c(Br)c2)cc1. The summed E-state index contributed by atoms with van der Waals surface area (Å²) >= 11 is 3.26. The molecule has 2 aromatic carbocycles. The zero-order chi connectivity index (χ0) is 20.2. The van der Waals surface area contributed by atoms with Gasteiger partial charge in [-0.2, -0.15) is 4.31 Å². The first kappa shape index (κ1) is 21.7. The van der Waals surface area contributed by atoms with E-state index >= 15 is 0 Å². The molecule has 10 heteroatoms. The fourth-order valence-electron chi connectivity index (χ4n) is 2.44. The maximum absolute atomic E-state index is 12.5. The Morgan fingerprint density at radius 1 is 0.963 bits per heavy atom. The number of anilines is 1. The van der Waals surface area contributed by atoms with E-state index in [1.807, 2.05) is 0 Å². The number of methoxy groups -OCH3 is 1. The molecule has 0 aliphatic rings. The Morgan fingerprint density at radius 2 is 1.52 bits per heavy atom. The Labute approximate surface area is 168 Å². The van der Waals surface area contributed by atoms with Crippen LogP contribution in [0.15, 0.2) is 56.7 Å². The van der Waals surface area contributed by atoms with Crippen molar-refractivity contribution in [3.8, 4) is 5.75 Å². The number of hydrogen-bond acceptors (Lipinski definition) is 5. The average molecular weight is 477 g/mol. The number of benzene rings is 2. The van der Waals surface area contributed by atoms with Gasteiger partial charge in [0.15, 0.2) is 0 Å². The van der Waals surface area contributed by atoms with E-state index in [0.29, 0.717) is 23.3 Å². The highest BCUT2D eigenvalue weighted by molar-refractivity contribution is 9.10. The molecule has 0 atom stereocenters. The molecule has 0 spiro atoms. The Morgan fingerprint density at radius 3 is 2.00 bits per heavy atom. The summed E-state index contributed by atoms with van der Waals surface area (Å²) in [6.07, 6.45) is 0. The van der Waals surface area contributed by atoms with Crippen LogP contribution in [0.4, 0.5) is 5.69 Å². The van der Waals surface area contributed by atoms with Gasteiger partial charge in [-0.05, 0) is 58.4 Å². The Balaban J connectivity index is 2.27. The van der Waals surface area contributed by atoms with E-state index < -0.39 is 20.0 Å². The number of nitrogens with zero attached hydrogens (tertiary/aromatic N) is 1. The molecule has 0 heterocycles. The smallest absolute Gasteiger partial charge is 0.261 e. The van der Waals surface area contributed by atoms with Gasteiger partial charge in [0.2, 0.25) is 10.0 Å². The number of hydrogen-bond donors (Lipinski definition) is 1. The van der Waals surface area contributed by atoms with Gasteiger partial charge in [-0.3, -0.25) is 4.72 Å². The topological polar surface area (TPSA) is 92.8 Å². The molecule has 0 aliphatic carbocycles. The quantitative estimate of drug-likeness (QED) is 0.630. The molecule has 0 amide bonds. The van der Waals surface area contributed by atoms with E-state index in [0.717, 1.165) is 0 Å². The molecule has 0 aromatic heterocycles. The van der Waals surface area contributed by atoms with Crippen molar-refractivity contribution in [3.05, 3.63) is 46.9 Å². The Bertz CT molecular complexity index is 1000. The predicted molar refractivity (Wildman–Crippen MR) is 108 cm³/mol. The van der Waals surface area contributed by atoms with Crippen molar-refractivity contribution >= 4 is 41.7 Å². The molecule has 0 fully saturated rings. The van der Waals surface area contributed by atoms with Gasteiger partial charge < -0.3 is 4.74 Å². The molecular formula is C17H21BrN2O5S2.